The Balaban J connectivity index is 1.44. The van der Waals surface area contributed by atoms with Crippen LogP contribution in [0, 0.1) is 0 Å². The van der Waals surface area contributed by atoms with Gasteiger partial charge in [0.2, 0.25) is 0 Å². The predicted molar refractivity (Wildman–Crippen MR) is 151 cm³/mol. The van der Waals surface area contributed by atoms with E-state index in [1.165, 1.54) is 22.3 Å². The third kappa shape index (κ3) is 4.08. The van der Waals surface area contributed by atoms with Crippen molar-refractivity contribution in [2.24, 2.45) is 0 Å². The predicted octanol–water partition coefficient (Wildman–Crippen LogP) is 9.13. The summed E-state index contributed by atoms with van der Waals surface area (Å²) in [7, 11) is 0. The maximum atomic E-state index is 4.01. The van der Waals surface area contributed by atoms with Crippen molar-refractivity contribution in [3.05, 3.63) is 145 Å². The minimum Gasteiger partial charge on any atom is -0.356 e. The summed E-state index contributed by atoms with van der Waals surface area (Å²) < 4.78 is 0. The smallest absolute Gasteiger partial charge is 0.0463 e. The first-order chi connectivity index (χ1) is 17.0. The average molecular weight is 455 g/mol. The van der Waals surface area contributed by atoms with Gasteiger partial charge in [0.05, 0.1) is 0 Å². The summed E-state index contributed by atoms with van der Waals surface area (Å²) in [6.07, 6.45) is 5.61. The fourth-order valence-corrected chi connectivity index (χ4v) is 5.02. The van der Waals surface area contributed by atoms with Gasteiger partial charge in [-0.15, -0.1) is 0 Å². The quantitative estimate of drug-likeness (QED) is 0.280. The molecule has 35 heavy (non-hydrogen) atoms. The number of hydrogen-bond donors (Lipinski definition) is 1. The molecule has 0 unspecified atom stereocenters. The lowest BCUT2D eigenvalue weighted by Crippen LogP contribution is -2.15. The number of rotatable bonds is 7. The molecule has 0 radical (unpaired) electrons. The van der Waals surface area contributed by atoms with Crippen molar-refractivity contribution in [3.8, 4) is 11.1 Å². The number of allylic oxidation sites excluding steroid dienone is 3. The van der Waals surface area contributed by atoms with E-state index in [9.17, 15) is 0 Å². The van der Waals surface area contributed by atoms with Gasteiger partial charge in [-0.05, 0) is 82.9 Å². The van der Waals surface area contributed by atoms with Crippen molar-refractivity contribution < 1.29 is 0 Å². The molecule has 0 saturated carbocycles. The standard InChI is InChI=1S/C33H30N2/c1-5-12-26(6-2)35(27-13-8-7-9-14-27)28-20-17-24(18-21-28)34-25-19-22-30-29-15-10-11-16-31(29)33(3,4)32(30)23-25/h5-23,34H,1-2H2,3-4H3/b26-12+. The Morgan fingerprint density at radius 1 is 0.714 bits per heavy atom. The van der Waals surface area contributed by atoms with E-state index in [0.717, 1.165) is 28.4 Å². The Kier molecular flexibility index (Phi) is 5.88. The van der Waals surface area contributed by atoms with Crippen molar-refractivity contribution in [1.82, 2.24) is 0 Å². The van der Waals surface area contributed by atoms with Crippen LogP contribution in [0.4, 0.5) is 22.7 Å². The number of nitrogens with zero attached hydrogens (tertiary/aromatic N) is 1. The van der Waals surface area contributed by atoms with Crippen LogP contribution in [0.5, 0.6) is 0 Å². The second-order valence-corrected chi connectivity index (χ2v) is 9.31. The van der Waals surface area contributed by atoms with Crippen LogP contribution >= 0.6 is 0 Å². The first-order valence-electron chi connectivity index (χ1n) is 11.9. The third-order valence-electron chi connectivity index (χ3n) is 6.77. The Morgan fingerprint density at radius 3 is 2.06 bits per heavy atom. The maximum absolute atomic E-state index is 4.01. The van der Waals surface area contributed by atoms with Gasteiger partial charge in [-0.2, -0.15) is 0 Å². The van der Waals surface area contributed by atoms with E-state index in [2.05, 4.69) is 116 Å². The van der Waals surface area contributed by atoms with Crippen molar-refractivity contribution >= 4 is 22.7 Å². The van der Waals surface area contributed by atoms with Gasteiger partial charge in [0.25, 0.3) is 0 Å². The van der Waals surface area contributed by atoms with Crippen LogP contribution < -0.4 is 10.2 Å². The lowest BCUT2D eigenvalue weighted by molar-refractivity contribution is 0.660. The van der Waals surface area contributed by atoms with E-state index in [0.29, 0.717) is 0 Å². The van der Waals surface area contributed by atoms with Crippen LogP contribution in [0.1, 0.15) is 25.0 Å². The lowest BCUT2D eigenvalue weighted by atomic mass is 9.82. The van der Waals surface area contributed by atoms with Gasteiger partial charge in [-0.25, -0.2) is 0 Å². The second-order valence-electron chi connectivity index (χ2n) is 9.31. The van der Waals surface area contributed by atoms with Crippen LogP contribution in [0.2, 0.25) is 0 Å². The molecule has 1 aliphatic rings. The molecule has 2 heteroatoms. The Hall–Kier alpha value is -4.30. The number of hydrogen-bond acceptors (Lipinski definition) is 2. The van der Waals surface area contributed by atoms with E-state index in [1.807, 2.05) is 30.4 Å². The number of benzene rings is 4. The van der Waals surface area contributed by atoms with Crippen molar-refractivity contribution in [2.75, 3.05) is 10.2 Å². The summed E-state index contributed by atoms with van der Waals surface area (Å²) in [4.78, 5) is 2.17. The van der Waals surface area contributed by atoms with Crippen LogP contribution in [0.25, 0.3) is 11.1 Å². The van der Waals surface area contributed by atoms with E-state index < -0.39 is 0 Å². The minimum absolute atomic E-state index is 0.0117. The number of anilines is 4. The molecule has 0 aliphatic heterocycles. The van der Waals surface area contributed by atoms with Gasteiger partial charge >= 0.3 is 0 Å². The number of fused-ring (bicyclic) bond motifs is 3. The summed E-state index contributed by atoms with van der Waals surface area (Å²) >= 11 is 0. The number of nitrogens with one attached hydrogen (secondary N) is 1. The summed E-state index contributed by atoms with van der Waals surface area (Å²) in [6, 6.07) is 34.2. The molecule has 0 bridgehead atoms. The van der Waals surface area contributed by atoms with Crippen LogP contribution in [0.3, 0.4) is 0 Å². The average Bonchev–Trinajstić information content (AvgIpc) is 3.12. The zero-order chi connectivity index (χ0) is 24.4. The van der Waals surface area contributed by atoms with Crippen LogP contribution in [0.15, 0.2) is 134 Å². The van der Waals surface area contributed by atoms with Crippen molar-refractivity contribution in [3.63, 3.8) is 0 Å². The minimum atomic E-state index is -0.0117. The lowest BCUT2D eigenvalue weighted by Gasteiger charge is -2.26. The summed E-state index contributed by atoms with van der Waals surface area (Å²) in [6.45, 7) is 12.5. The topological polar surface area (TPSA) is 15.3 Å². The molecule has 5 rings (SSSR count). The first-order valence-corrected chi connectivity index (χ1v) is 11.9. The van der Waals surface area contributed by atoms with E-state index in [4.69, 9.17) is 0 Å². The van der Waals surface area contributed by atoms with E-state index in [1.54, 1.807) is 6.08 Å². The number of para-hydroxylation sites is 1. The molecule has 0 fully saturated rings. The van der Waals surface area contributed by atoms with Gasteiger partial charge in [-0.3, -0.25) is 0 Å². The van der Waals surface area contributed by atoms with Gasteiger partial charge in [0.15, 0.2) is 0 Å². The van der Waals surface area contributed by atoms with Crippen LogP contribution in [-0.2, 0) is 5.41 Å². The molecule has 1 N–H and O–H groups in total. The molecule has 172 valence electrons. The molecular formula is C33H30N2. The summed E-state index contributed by atoms with van der Waals surface area (Å²) in [5.41, 5.74) is 10.6. The molecule has 4 aromatic rings. The maximum Gasteiger partial charge on any atom is 0.0463 e. The molecule has 0 heterocycles. The Morgan fingerprint density at radius 2 is 1.34 bits per heavy atom. The normalized spacial score (nSPS) is 13.5. The molecule has 1 aliphatic carbocycles. The third-order valence-corrected chi connectivity index (χ3v) is 6.77. The largest absolute Gasteiger partial charge is 0.356 e. The van der Waals surface area contributed by atoms with Crippen LogP contribution in [-0.4, -0.2) is 0 Å². The van der Waals surface area contributed by atoms with Gasteiger partial charge in [-0.1, -0.05) is 81.6 Å². The first kappa shape index (κ1) is 22.5. The highest BCUT2D eigenvalue weighted by atomic mass is 15.1. The molecule has 0 amide bonds. The molecule has 0 saturated heterocycles. The Labute approximate surface area is 208 Å². The molecule has 2 nitrogen and oxygen atoms in total. The fourth-order valence-electron chi connectivity index (χ4n) is 5.02. The molecule has 0 atom stereocenters. The highest BCUT2D eigenvalue weighted by molar-refractivity contribution is 5.83. The monoisotopic (exact) mass is 454 g/mol. The summed E-state index contributed by atoms with van der Waals surface area (Å²) in [5.74, 6) is 0. The van der Waals surface area contributed by atoms with Gasteiger partial charge in [0, 0.05) is 33.9 Å². The van der Waals surface area contributed by atoms with Crippen molar-refractivity contribution in [1.29, 1.82) is 0 Å². The Bertz CT molecular complexity index is 1410. The van der Waals surface area contributed by atoms with Crippen molar-refractivity contribution in [2.45, 2.75) is 19.3 Å². The second kappa shape index (κ2) is 9.15. The van der Waals surface area contributed by atoms with Gasteiger partial charge < -0.3 is 10.2 Å². The highest BCUT2D eigenvalue weighted by Crippen LogP contribution is 2.49. The fraction of sp³-hybridized carbons (Fsp3) is 0.0909. The molecule has 4 aromatic carbocycles. The molecular weight excluding hydrogens is 424 g/mol. The molecule has 0 spiro atoms. The molecule has 0 aromatic heterocycles. The SMILES string of the molecule is C=C/C=C(\C=C)N(c1ccccc1)c1ccc(Nc2ccc3c(c2)C(C)(C)c2ccccc2-3)cc1. The van der Waals surface area contributed by atoms with E-state index in [-0.39, 0.29) is 5.41 Å². The zero-order valence-corrected chi connectivity index (χ0v) is 20.3. The van der Waals surface area contributed by atoms with E-state index >= 15 is 0 Å². The van der Waals surface area contributed by atoms with Gasteiger partial charge in [0.1, 0.15) is 0 Å². The zero-order valence-electron chi connectivity index (χ0n) is 20.3. The summed E-state index contributed by atoms with van der Waals surface area (Å²) in [5, 5.41) is 3.60. The highest BCUT2D eigenvalue weighted by Gasteiger charge is 2.35.